The van der Waals surface area contributed by atoms with Crippen LogP contribution in [-0.2, 0) is 24.2 Å². The van der Waals surface area contributed by atoms with Gasteiger partial charge in [0.15, 0.2) is 0 Å². The minimum absolute atomic E-state index is 0.0322. The molecule has 4 aromatic rings. The first-order chi connectivity index (χ1) is 15.6. The van der Waals surface area contributed by atoms with Crippen LogP contribution in [0.3, 0.4) is 0 Å². The Hall–Kier alpha value is -3.60. The van der Waals surface area contributed by atoms with Crippen LogP contribution in [0.1, 0.15) is 22.5 Å². The number of carbonyl (C=O) groups is 1. The summed E-state index contributed by atoms with van der Waals surface area (Å²) in [5.74, 6) is 1.86. The Balaban J connectivity index is 1.38. The van der Waals surface area contributed by atoms with Crippen molar-refractivity contribution in [3.8, 4) is 5.75 Å². The van der Waals surface area contributed by atoms with Crippen molar-refractivity contribution < 1.29 is 9.53 Å². The van der Waals surface area contributed by atoms with Crippen molar-refractivity contribution >= 4 is 16.9 Å². The number of hydrogen-bond acceptors (Lipinski definition) is 3. The van der Waals surface area contributed by atoms with E-state index in [1.165, 1.54) is 5.56 Å². The highest BCUT2D eigenvalue weighted by molar-refractivity contribution is 5.79. The Morgan fingerprint density at radius 1 is 1.00 bits per heavy atom. The summed E-state index contributed by atoms with van der Waals surface area (Å²) >= 11 is 0. The van der Waals surface area contributed by atoms with Crippen LogP contribution >= 0.6 is 0 Å². The fraction of sp³-hybridized carbons (Fsp3) is 0.259. The molecule has 0 fully saturated rings. The molecule has 0 bridgehead atoms. The predicted molar refractivity (Wildman–Crippen MR) is 128 cm³/mol. The molecule has 4 rings (SSSR count). The smallest absolute Gasteiger partial charge is 0.224 e. The minimum atomic E-state index is 0.0322. The number of imidazole rings is 1. The Morgan fingerprint density at radius 2 is 1.81 bits per heavy atom. The fourth-order valence-corrected chi connectivity index (χ4v) is 3.88. The van der Waals surface area contributed by atoms with Crippen LogP contribution in [0.4, 0.5) is 0 Å². The van der Waals surface area contributed by atoms with E-state index >= 15 is 0 Å². The summed E-state index contributed by atoms with van der Waals surface area (Å²) < 4.78 is 8.16. The molecule has 0 unspecified atom stereocenters. The van der Waals surface area contributed by atoms with Crippen molar-refractivity contribution in [2.24, 2.45) is 0 Å². The molecule has 0 saturated heterocycles. The molecular formula is C27H29N3O2. The van der Waals surface area contributed by atoms with Crippen LogP contribution in [0.15, 0.2) is 72.8 Å². The average Bonchev–Trinajstić information content (AvgIpc) is 3.13. The Kier molecular flexibility index (Phi) is 6.85. The van der Waals surface area contributed by atoms with E-state index in [9.17, 15) is 4.79 Å². The number of benzene rings is 3. The van der Waals surface area contributed by atoms with Gasteiger partial charge in [0, 0.05) is 13.0 Å². The second-order valence-corrected chi connectivity index (χ2v) is 8.04. The molecule has 0 aliphatic carbocycles. The van der Waals surface area contributed by atoms with E-state index in [-0.39, 0.29) is 5.91 Å². The van der Waals surface area contributed by atoms with Crippen molar-refractivity contribution in [1.82, 2.24) is 14.9 Å². The van der Waals surface area contributed by atoms with Crippen molar-refractivity contribution in [3.63, 3.8) is 0 Å². The van der Waals surface area contributed by atoms with Gasteiger partial charge in [0.05, 0.1) is 24.0 Å². The van der Waals surface area contributed by atoms with Gasteiger partial charge in [-0.2, -0.15) is 0 Å². The van der Waals surface area contributed by atoms with Crippen LogP contribution in [-0.4, -0.2) is 28.6 Å². The number of ether oxygens (including phenoxy) is 1. The van der Waals surface area contributed by atoms with Gasteiger partial charge in [-0.15, -0.1) is 0 Å². The van der Waals surface area contributed by atoms with Gasteiger partial charge in [0.25, 0.3) is 0 Å². The van der Waals surface area contributed by atoms with E-state index in [0.29, 0.717) is 32.5 Å². The maximum Gasteiger partial charge on any atom is 0.224 e. The van der Waals surface area contributed by atoms with Crippen LogP contribution in [0.2, 0.25) is 0 Å². The fourth-order valence-electron chi connectivity index (χ4n) is 3.88. The van der Waals surface area contributed by atoms with Gasteiger partial charge in [-0.25, -0.2) is 4.98 Å². The zero-order valence-corrected chi connectivity index (χ0v) is 18.7. The summed E-state index contributed by atoms with van der Waals surface area (Å²) in [5, 5.41) is 3.04. The SMILES string of the molecule is Cc1cccc(OCCn2c(CCNC(=O)Cc3ccccc3C)nc3ccccc32)c1. The highest BCUT2D eigenvalue weighted by Gasteiger charge is 2.12. The lowest BCUT2D eigenvalue weighted by atomic mass is 10.1. The molecule has 0 spiro atoms. The van der Waals surface area contributed by atoms with E-state index in [0.717, 1.165) is 33.7 Å². The number of fused-ring (bicyclic) bond motifs is 1. The molecule has 0 aliphatic rings. The molecule has 3 aromatic carbocycles. The Morgan fingerprint density at radius 3 is 2.66 bits per heavy atom. The summed E-state index contributed by atoms with van der Waals surface area (Å²) in [6, 6.07) is 24.2. The lowest BCUT2D eigenvalue weighted by Crippen LogP contribution is -2.28. The zero-order valence-electron chi connectivity index (χ0n) is 18.7. The lowest BCUT2D eigenvalue weighted by Gasteiger charge is -2.12. The molecule has 5 heteroatoms. The van der Waals surface area contributed by atoms with Crippen LogP contribution in [0, 0.1) is 13.8 Å². The molecule has 1 heterocycles. The van der Waals surface area contributed by atoms with E-state index < -0.39 is 0 Å². The Labute approximate surface area is 189 Å². The average molecular weight is 428 g/mol. The number of amides is 1. The van der Waals surface area contributed by atoms with Gasteiger partial charge in [-0.1, -0.05) is 48.5 Å². The number of carbonyl (C=O) groups excluding carboxylic acids is 1. The molecule has 5 nitrogen and oxygen atoms in total. The first kappa shape index (κ1) is 21.6. The zero-order chi connectivity index (χ0) is 22.3. The minimum Gasteiger partial charge on any atom is -0.492 e. The number of aryl methyl sites for hydroxylation is 2. The van der Waals surface area contributed by atoms with Gasteiger partial charge < -0.3 is 14.6 Å². The predicted octanol–water partition coefficient (Wildman–Crippen LogP) is 4.63. The number of hydrogen-bond donors (Lipinski definition) is 1. The third-order valence-electron chi connectivity index (χ3n) is 5.59. The first-order valence-corrected chi connectivity index (χ1v) is 11.0. The third-order valence-corrected chi connectivity index (χ3v) is 5.59. The topological polar surface area (TPSA) is 56.1 Å². The summed E-state index contributed by atoms with van der Waals surface area (Å²) in [5.41, 5.74) is 5.42. The quantitative estimate of drug-likeness (QED) is 0.424. The highest BCUT2D eigenvalue weighted by Crippen LogP contribution is 2.17. The number of aromatic nitrogens is 2. The first-order valence-electron chi connectivity index (χ1n) is 11.0. The summed E-state index contributed by atoms with van der Waals surface area (Å²) in [4.78, 5) is 17.2. The van der Waals surface area contributed by atoms with Crippen molar-refractivity contribution in [2.75, 3.05) is 13.2 Å². The number of rotatable bonds is 9. The van der Waals surface area contributed by atoms with Gasteiger partial charge in [-0.05, 0) is 54.8 Å². The second kappa shape index (κ2) is 10.1. The monoisotopic (exact) mass is 427 g/mol. The Bertz CT molecular complexity index is 1210. The summed E-state index contributed by atoms with van der Waals surface area (Å²) in [6.45, 7) is 5.88. The van der Waals surface area contributed by atoms with Gasteiger partial charge in [0.2, 0.25) is 5.91 Å². The molecule has 0 radical (unpaired) electrons. The largest absolute Gasteiger partial charge is 0.492 e. The van der Waals surface area contributed by atoms with Crippen molar-refractivity contribution in [1.29, 1.82) is 0 Å². The number of nitrogens with one attached hydrogen (secondary N) is 1. The number of para-hydroxylation sites is 2. The summed E-state index contributed by atoms with van der Waals surface area (Å²) in [6.07, 6.45) is 1.06. The van der Waals surface area contributed by atoms with Gasteiger partial charge in [0.1, 0.15) is 18.2 Å². The summed E-state index contributed by atoms with van der Waals surface area (Å²) in [7, 11) is 0. The van der Waals surface area contributed by atoms with Gasteiger partial charge in [-0.3, -0.25) is 4.79 Å². The normalized spacial score (nSPS) is 10.9. The molecule has 0 aliphatic heterocycles. The molecule has 1 N–H and O–H groups in total. The highest BCUT2D eigenvalue weighted by atomic mass is 16.5. The van der Waals surface area contributed by atoms with E-state index in [4.69, 9.17) is 9.72 Å². The standard InChI is InChI=1S/C27H29N3O2/c1-20-8-7-11-23(18-20)32-17-16-30-25-13-6-5-12-24(25)29-26(30)14-15-28-27(31)19-22-10-4-3-9-21(22)2/h3-13,18H,14-17,19H2,1-2H3,(H,28,31). The number of nitrogens with zero attached hydrogens (tertiary/aromatic N) is 2. The maximum atomic E-state index is 12.4. The lowest BCUT2D eigenvalue weighted by molar-refractivity contribution is -0.120. The molecule has 32 heavy (non-hydrogen) atoms. The molecule has 1 amide bonds. The van der Waals surface area contributed by atoms with Crippen LogP contribution in [0.5, 0.6) is 5.75 Å². The van der Waals surface area contributed by atoms with Crippen LogP contribution in [0.25, 0.3) is 11.0 Å². The van der Waals surface area contributed by atoms with Crippen molar-refractivity contribution in [2.45, 2.75) is 33.2 Å². The van der Waals surface area contributed by atoms with Gasteiger partial charge >= 0.3 is 0 Å². The van der Waals surface area contributed by atoms with Crippen LogP contribution < -0.4 is 10.1 Å². The third kappa shape index (κ3) is 5.35. The maximum absolute atomic E-state index is 12.4. The van der Waals surface area contributed by atoms with E-state index in [2.05, 4.69) is 28.9 Å². The molecule has 1 aromatic heterocycles. The van der Waals surface area contributed by atoms with Crippen molar-refractivity contribution in [3.05, 3.63) is 95.3 Å². The molecule has 0 saturated carbocycles. The van der Waals surface area contributed by atoms with E-state index in [1.807, 2.05) is 67.6 Å². The molecule has 164 valence electrons. The second-order valence-electron chi connectivity index (χ2n) is 8.04. The van der Waals surface area contributed by atoms with E-state index in [1.54, 1.807) is 0 Å². The molecule has 0 atom stereocenters. The molecular weight excluding hydrogens is 398 g/mol.